The van der Waals surface area contributed by atoms with Gasteiger partial charge in [0.1, 0.15) is 0 Å². The maximum atomic E-state index is 12.4. The van der Waals surface area contributed by atoms with Gasteiger partial charge in [0.15, 0.2) is 16.6 Å². The highest BCUT2D eigenvalue weighted by molar-refractivity contribution is 7.14. The van der Waals surface area contributed by atoms with Crippen molar-refractivity contribution in [3.8, 4) is 22.8 Å². The number of carbonyl (C=O) groups is 1. The molecule has 0 saturated carbocycles. The van der Waals surface area contributed by atoms with Gasteiger partial charge < -0.3 is 20.1 Å². The maximum Gasteiger partial charge on any atom is 0.231 e. The van der Waals surface area contributed by atoms with Crippen LogP contribution < -0.4 is 20.1 Å². The van der Waals surface area contributed by atoms with E-state index in [4.69, 9.17) is 9.47 Å². The fourth-order valence-electron chi connectivity index (χ4n) is 4.29. The molecule has 8 heteroatoms. The van der Waals surface area contributed by atoms with E-state index in [0.29, 0.717) is 29.6 Å². The van der Waals surface area contributed by atoms with Crippen LogP contribution in [0.2, 0.25) is 0 Å². The van der Waals surface area contributed by atoms with Crippen LogP contribution in [0, 0.1) is 5.92 Å². The molecule has 2 unspecified atom stereocenters. The van der Waals surface area contributed by atoms with Crippen LogP contribution in [0.15, 0.2) is 23.6 Å². The van der Waals surface area contributed by atoms with Crippen molar-refractivity contribution in [1.82, 2.24) is 10.3 Å². The van der Waals surface area contributed by atoms with Gasteiger partial charge in [-0.2, -0.15) is 0 Å². The Morgan fingerprint density at radius 3 is 2.81 bits per heavy atom. The van der Waals surface area contributed by atoms with Crippen LogP contribution >= 0.6 is 23.7 Å². The molecule has 0 radical (unpaired) electrons. The predicted molar refractivity (Wildman–Crippen MR) is 107 cm³/mol. The molecule has 2 aromatic rings. The van der Waals surface area contributed by atoms with E-state index < -0.39 is 0 Å². The number of piperidine rings is 1. The van der Waals surface area contributed by atoms with Gasteiger partial charge in [-0.1, -0.05) is 0 Å². The summed E-state index contributed by atoms with van der Waals surface area (Å²) in [6.45, 7) is 0.259. The molecule has 1 aromatic carbocycles. The number of nitrogens with zero attached hydrogens (tertiary/aromatic N) is 1. The highest BCUT2D eigenvalue weighted by atomic mass is 35.5. The van der Waals surface area contributed by atoms with Crippen molar-refractivity contribution in [2.75, 3.05) is 12.1 Å². The number of aromatic nitrogens is 1. The number of carbonyl (C=O) groups excluding carboxylic acids is 1. The zero-order valence-corrected chi connectivity index (χ0v) is 16.4. The zero-order valence-electron chi connectivity index (χ0n) is 14.8. The third-order valence-corrected chi connectivity index (χ3v) is 6.22. The smallest absolute Gasteiger partial charge is 0.231 e. The third-order valence-electron chi connectivity index (χ3n) is 5.46. The Morgan fingerprint density at radius 1 is 1.22 bits per heavy atom. The number of halogens is 1. The minimum absolute atomic E-state index is 0. The topological polar surface area (TPSA) is 72.5 Å². The molecule has 5 rings (SSSR count). The molecule has 2 bridgehead atoms. The summed E-state index contributed by atoms with van der Waals surface area (Å²) in [5.74, 6) is 2.06. The van der Waals surface area contributed by atoms with E-state index in [0.717, 1.165) is 35.6 Å². The molecule has 0 aliphatic carbocycles. The Morgan fingerprint density at radius 2 is 2.00 bits per heavy atom. The highest BCUT2D eigenvalue weighted by Crippen LogP contribution is 2.37. The molecule has 2 fully saturated rings. The molecule has 6 nitrogen and oxygen atoms in total. The molecule has 144 valence electrons. The van der Waals surface area contributed by atoms with Gasteiger partial charge in [-0.3, -0.25) is 4.79 Å². The molecule has 2 saturated heterocycles. The average molecular weight is 408 g/mol. The molecule has 27 heavy (non-hydrogen) atoms. The highest BCUT2D eigenvalue weighted by Gasteiger charge is 2.34. The first-order valence-electron chi connectivity index (χ1n) is 9.14. The number of hydrogen-bond donors (Lipinski definition) is 2. The van der Waals surface area contributed by atoms with Crippen LogP contribution in [0.5, 0.6) is 11.5 Å². The van der Waals surface area contributed by atoms with Crippen LogP contribution in [0.3, 0.4) is 0 Å². The summed E-state index contributed by atoms with van der Waals surface area (Å²) in [6.07, 6.45) is 5.34. The van der Waals surface area contributed by atoms with E-state index in [1.54, 1.807) is 0 Å². The van der Waals surface area contributed by atoms with Gasteiger partial charge in [-0.05, 0) is 49.8 Å². The van der Waals surface area contributed by atoms with Crippen molar-refractivity contribution in [2.45, 2.75) is 44.2 Å². The lowest BCUT2D eigenvalue weighted by Crippen LogP contribution is -2.39. The van der Waals surface area contributed by atoms with Crippen LogP contribution in [-0.4, -0.2) is 29.8 Å². The molecular weight excluding hydrogens is 386 g/mol. The monoisotopic (exact) mass is 407 g/mol. The van der Waals surface area contributed by atoms with Gasteiger partial charge in [0.05, 0.1) is 5.69 Å². The Bertz CT molecular complexity index is 831. The lowest BCUT2D eigenvalue weighted by Gasteiger charge is -2.28. The average Bonchev–Trinajstić information content (AvgIpc) is 3.34. The number of amides is 1. The van der Waals surface area contributed by atoms with Crippen molar-refractivity contribution in [3.63, 3.8) is 0 Å². The Kier molecular flexibility index (Phi) is 5.25. The lowest BCUT2D eigenvalue weighted by molar-refractivity contribution is -0.117. The standard InChI is InChI=1S/C19H21N3O3S.ClH/c23-18(7-11-5-13-2-3-14(6-11)20-13)22-19-21-15(9-26-19)12-1-4-16-17(8-12)25-10-24-16;/h1,4,8-9,11,13-14,20H,2-3,5-7,10H2,(H,21,22,23);1H. The SMILES string of the molecule is Cl.O=C(CC1CC2CCC(C1)N2)Nc1nc(-c2ccc3c(c2)OCO3)cs1. The number of benzene rings is 1. The van der Waals surface area contributed by atoms with E-state index in [9.17, 15) is 4.79 Å². The molecule has 0 spiro atoms. The summed E-state index contributed by atoms with van der Waals surface area (Å²) in [5, 5.41) is 9.20. The number of nitrogens with one attached hydrogen (secondary N) is 2. The minimum Gasteiger partial charge on any atom is -0.454 e. The van der Waals surface area contributed by atoms with Gasteiger partial charge in [0, 0.05) is 29.4 Å². The quantitative estimate of drug-likeness (QED) is 0.806. The van der Waals surface area contributed by atoms with Crippen molar-refractivity contribution < 1.29 is 14.3 Å². The van der Waals surface area contributed by atoms with Gasteiger partial charge in [-0.25, -0.2) is 4.98 Å². The Labute approximate surface area is 168 Å². The van der Waals surface area contributed by atoms with Crippen LogP contribution in [0.4, 0.5) is 5.13 Å². The van der Waals surface area contributed by atoms with Crippen molar-refractivity contribution in [2.24, 2.45) is 5.92 Å². The Balaban J connectivity index is 0.00000180. The Hall–Kier alpha value is -1.83. The largest absolute Gasteiger partial charge is 0.454 e. The number of thiazole rings is 1. The molecule has 2 atom stereocenters. The maximum absolute atomic E-state index is 12.4. The zero-order chi connectivity index (χ0) is 17.5. The number of fused-ring (bicyclic) bond motifs is 3. The summed E-state index contributed by atoms with van der Waals surface area (Å²) >= 11 is 1.45. The first-order chi connectivity index (χ1) is 12.7. The fourth-order valence-corrected chi connectivity index (χ4v) is 5.03. The van der Waals surface area contributed by atoms with Gasteiger partial charge >= 0.3 is 0 Å². The number of rotatable bonds is 4. The number of hydrogen-bond acceptors (Lipinski definition) is 6. The van der Waals surface area contributed by atoms with E-state index in [2.05, 4.69) is 15.6 Å². The molecular formula is C19H22ClN3O3S. The minimum atomic E-state index is 0. The van der Waals surface area contributed by atoms with E-state index in [-0.39, 0.29) is 25.1 Å². The third kappa shape index (κ3) is 3.90. The van der Waals surface area contributed by atoms with Gasteiger partial charge in [0.25, 0.3) is 0 Å². The van der Waals surface area contributed by atoms with Gasteiger partial charge in [-0.15, -0.1) is 23.7 Å². The molecule has 4 heterocycles. The molecule has 1 aromatic heterocycles. The summed E-state index contributed by atoms with van der Waals surface area (Å²) in [4.78, 5) is 17.0. The van der Waals surface area contributed by atoms with E-state index in [1.807, 2.05) is 23.6 Å². The molecule has 3 aliphatic heterocycles. The van der Waals surface area contributed by atoms with Gasteiger partial charge in [0.2, 0.25) is 12.7 Å². The number of ether oxygens (including phenoxy) is 2. The summed E-state index contributed by atoms with van der Waals surface area (Å²) in [6, 6.07) is 7.00. The first kappa shape index (κ1) is 18.5. The molecule has 2 N–H and O–H groups in total. The first-order valence-corrected chi connectivity index (χ1v) is 10.0. The molecule has 1 amide bonds. The second-order valence-electron chi connectivity index (χ2n) is 7.33. The molecule has 3 aliphatic rings. The van der Waals surface area contributed by atoms with Crippen molar-refractivity contribution in [1.29, 1.82) is 0 Å². The summed E-state index contributed by atoms with van der Waals surface area (Å²) in [7, 11) is 0. The normalized spacial score (nSPS) is 25.1. The summed E-state index contributed by atoms with van der Waals surface area (Å²) in [5.41, 5.74) is 1.80. The van der Waals surface area contributed by atoms with Crippen LogP contribution in [0.25, 0.3) is 11.3 Å². The summed E-state index contributed by atoms with van der Waals surface area (Å²) < 4.78 is 10.8. The fraction of sp³-hybridized carbons (Fsp3) is 0.474. The predicted octanol–water partition coefficient (Wildman–Crippen LogP) is 3.82. The second kappa shape index (κ2) is 7.66. The lowest BCUT2D eigenvalue weighted by atomic mass is 9.89. The van der Waals surface area contributed by atoms with E-state index >= 15 is 0 Å². The van der Waals surface area contributed by atoms with Crippen LogP contribution in [-0.2, 0) is 4.79 Å². The van der Waals surface area contributed by atoms with Crippen molar-refractivity contribution >= 4 is 34.8 Å². The van der Waals surface area contributed by atoms with Crippen molar-refractivity contribution in [3.05, 3.63) is 23.6 Å². The number of anilines is 1. The second-order valence-corrected chi connectivity index (χ2v) is 8.19. The van der Waals surface area contributed by atoms with E-state index in [1.165, 1.54) is 24.2 Å². The van der Waals surface area contributed by atoms with Crippen LogP contribution in [0.1, 0.15) is 32.1 Å².